The Kier molecular flexibility index (Phi) is 6.52. The highest BCUT2D eigenvalue weighted by molar-refractivity contribution is 7.98. The lowest BCUT2D eigenvalue weighted by Gasteiger charge is -2.15. The van der Waals surface area contributed by atoms with Crippen LogP contribution in [0, 0.1) is 10.1 Å². The first-order chi connectivity index (χ1) is 9.04. The average Bonchev–Trinajstić information content (AvgIpc) is 2.39. The van der Waals surface area contributed by atoms with Gasteiger partial charge >= 0.3 is 0 Å². The van der Waals surface area contributed by atoms with Gasteiger partial charge in [-0.05, 0) is 44.2 Å². The van der Waals surface area contributed by atoms with Crippen LogP contribution in [0.15, 0.2) is 24.3 Å². The minimum Gasteiger partial charge on any atom is -0.299 e. The molecule has 1 aromatic rings. The second-order valence-corrected chi connectivity index (χ2v) is 5.30. The highest BCUT2D eigenvalue weighted by Crippen LogP contribution is 2.12. The molecular weight excluding hydrogens is 264 g/mol. The lowest BCUT2D eigenvalue weighted by Crippen LogP contribution is -2.27. The third kappa shape index (κ3) is 5.40. The smallest absolute Gasteiger partial charge is 0.269 e. The van der Waals surface area contributed by atoms with Crippen molar-refractivity contribution in [3.63, 3.8) is 0 Å². The maximum Gasteiger partial charge on any atom is 0.269 e. The highest BCUT2D eigenvalue weighted by Gasteiger charge is 2.11. The molecule has 0 N–H and O–H groups in total. The Labute approximate surface area is 117 Å². The predicted molar refractivity (Wildman–Crippen MR) is 77.9 cm³/mol. The molecule has 104 valence electrons. The van der Waals surface area contributed by atoms with Crippen molar-refractivity contribution in [3.8, 4) is 0 Å². The zero-order valence-electron chi connectivity index (χ0n) is 11.2. The van der Waals surface area contributed by atoms with Crippen molar-refractivity contribution in [1.29, 1.82) is 0 Å². The van der Waals surface area contributed by atoms with Crippen molar-refractivity contribution >= 4 is 23.2 Å². The fourth-order valence-electron chi connectivity index (χ4n) is 1.66. The van der Waals surface area contributed by atoms with Crippen LogP contribution in [0.5, 0.6) is 0 Å². The fourth-order valence-corrected chi connectivity index (χ4v) is 2.08. The summed E-state index contributed by atoms with van der Waals surface area (Å²) in [5, 5.41) is 10.5. The van der Waals surface area contributed by atoms with Crippen molar-refractivity contribution in [2.45, 2.75) is 6.42 Å². The summed E-state index contributed by atoms with van der Waals surface area (Å²) in [5.41, 5.74) is 0.521. The van der Waals surface area contributed by atoms with Gasteiger partial charge in [0.1, 0.15) is 0 Å². The second kappa shape index (κ2) is 7.91. The highest BCUT2D eigenvalue weighted by atomic mass is 32.2. The summed E-state index contributed by atoms with van der Waals surface area (Å²) in [5.74, 6) is 1.07. The quantitative estimate of drug-likeness (QED) is 0.317. The molecule has 0 aromatic heterocycles. The molecule has 0 spiro atoms. The van der Waals surface area contributed by atoms with E-state index < -0.39 is 4.92 Å². The number of hydrogen-bond donors (Lipinski definition) is 0. The largest absolute Gasteiger partial charge is 0.299 e. The molecule has 0 aliphatic heterocycles. The van der Waals surface area contributed by atoms with Gasteiger partial charge in [0.05, 0.1) is 11.5 Å². The Morgan fingerprint density at radius 2 is 2.00 bits per heavy atom. The molecule has 0 atom stereocenters. The number of ketones is 1. The number of rotatable bonds is 8. The zero-order chi connectivity index (χ0) is 14.3. The number of nitro benzene ring substituents is 1. The first-order valence-electron chi connectivity index (χ1n) is 5.99. The molecule has 0 saturated carbocycles. The van der Waals surface area contributed by atoms with Crippen molar-refractivity contribution in [2.75, 3.05) is 32.1 Å². The molecule has 0 aliphatic rings. The summed E-state index contributed by atoms with van der Waals surface area (Å²) in [4.78, 5) is 24.0. The molecule has 0 aliphatic carbocycles. The fraction of sp³-hybridized carbons (Fsp3) is 0.462. The van der Waals surface area contributed by atoms with Crippen LogP contribution in [0.2, 0.25) is 0 Å². The van der Waals surface area contributed by atoms with E-state index in [0.29, 0.717) is 12.1 Å². The SMILES string of the molecule is CSCCCN(C)CC(=O)c1ccc([N+](=O)[O-])cc1. The molecule has 0 unspecified atom stereocenters. The summed E-state index contributed by atoms with van der Waals surface area (Å²) in [6, 6.07) is 5.74. The number of carbonyl (C=O) groups excluding carboxylic acids is 1. The summed E-state index contributed by atoms with van der Waals surface area (Å²) < 4.78 is 0. The van der Waals surface area contributed by atoms with E-state index in [9.17, 15) is 14.9 Å². The van der Waals surface area contributed by atoms with E-state index in [1.807, 2.05) is 11.9 Å². The van der Waals surface area contributed by atoms with E-state index in [1.54, 1.807) is 11.8 Å². The number of nitrogens with zero attached hydrogens (tertiary/aromatic N) is 2. The van der Waals surface area contributed by atoms with Gasteiger partial charge in [-0.15, -0.1) is 0 Å². The lowest BCUT2D eigenvalue weighted by molar-refractivity contribution is -0.384. The van der Waals surface area contributed by atoms with Crippen LogP contribution in [0.3, 0.4) is 0 Å². The second-order valence-electron chi connectivity index (χ2n) is 4.31. The zero-order valence-corrected chi connectivity index (χ0v) is 12.0. The molecule has 0 amide bonds. The van der Waals surface area contributed by atoms with Crippen LogP contribution in [0.4, 0.5) is 5.69 Å². The van der Waals surface area contributed by atoms with Gasteiger partial charge in [0.2, 0.25) is 0 Å². The van der Waals surface area contributed by atoms with Crippen LogP contribution >= 0.6 is 11.8 Å². The molecule has 0 heterocycles. The Morgan fingerprint density at radius 1 is 1.37 bits per heavy atom. The maximum absolute atomic E-state index is 12.0. The van der Waals surface area contributed by atoms with E-state index in [0.717, 1.165) is 18.7 Å². The first-order valence-corrected chi connectivity index (χ1v) is 7.39. The van der Waals surface area contributed by atoms with Gasteiger partial charge in [-0.2, -0.15) is 11.8 Å². The van der Waals surface area contributed by atoms with E-state index >= 15 is 0 Å². The van der Waals surface area contributed by atoms with Gasteiger partial charge < -0.3 is 0 Å². The number of hydrogen-bond acceptors (Lipinski definition) is 5. The average molecular weight is 282 g/mol. The number of nitro groups is 1. The van der Waals surface area contributed by atoms with Crippen LogP contribution in [0.1, 0.15) is 16.8 Å². The Morgan fingerprint density at radius 3 is 2.53 bits per heavy atom. The van der Waals surface area contributed by atoms with Crippen molar-refractivity contribution in [2.24, 2.45) is 0 Å². The van der Waals surface area contributed by atoms with E-state index in [-0.39, 0.29) is 11.5 Å². The molecule has 5 nitrogen and oxygen atoms in total. The standard InChI is InChI=1S/C13H18N2O3S/c1-14(8-3-9-19-2)10-13(16)11-4-6-12(7-5-11)15(17)18/h4-7H,3,8-10H2,1-2H3. The predicted octanol–water partition coefficient (Wildman–Crippen LogP) is 2.46. The van der Waals surface area contributed by atoms with Crippen molar-refractivity contribution in [1.82, 2.24) is 4.90 Å². The summed E-state index contributed by atoms with van der Waals surface area (Å²) in [6.45, 7) is 1.21. The van der Waals surface area contributed by atoms with Crippen molar-refractivity contribution in [3.05, 3.63) is 39.9 Å². The summed E-state index contributed by atoms with van der Waals surface area (Å²) in [7, 11) is 1.91. The summed E-state index contributed by atoms with van der Waals surface area (Å²) in [6.07, 6.45) is 3.10. The normalized spacial score (nSPS) is 10.7. The topological polar surface area (TPSA) is 63.5 Å². The van der Waals surface area contributed by atoms with Gasteiger partial charge in [-0.25, -0.2) is 0 Å². The number of thioether (sulfide) groups is 1. The molecular formula is C13H18N2O3S. The molecule has 19 heavy (non-hydrogen) atoms. The molecule has 0 saturated heterocycles. The minimum atomic E-state index is -0.469. The van der Waals surface area contributed by atoms with Gasteiger partial charge in [0.15, 0.2) is 5.78 Å². The molecule has 0 radical (unpaired) electrons. The third-order valence-corrected chi connectivity index (χ3v) is 3.40. The van der Waals surface area contributed by atoms with Gasteiger partial charge in [0, 0.05) is 17.7 Å². The number of likely N-dealkylation sites (N-methyl/N-ethyl adjacent to an activating group) is 1. The van der Waals surface area contributed by atoms with Crippen LogP contribution in [0.25, 0.3) is 0 Å². The molecule has 0 fully saturated rings. The molecule has 6 heteroatoms. The number of non-ortho nitro benzene ring substituents is 1. The number of Topliss-reactive ketones (excluding diaryl/α,β-unsaturated/α-hetero) is 1. The van der Waals surface area contributed by atoms with Crippen molar-refractivity contribution < 1.29 is 9.72 Å². The van der Waals surface area contributed by atoms with Gasteiger partial charge in [-0.1, -0.05) is 0 Å². The Bertz CT molecular complexity index is 434. The molecule has 1 rings (SSSR count). The summed E-state index contributed by atoms with van der Waals surface area (Å²) >= 11 is 1.79. The monoisotopic (exact) mass is 282 g/mol. The Balaban J connectivity index is 2.51. The lowest BCUT2D eigenvalue weighted by atomic mass is 10.1. The maximum atomic E-state index is 12.0. The van der Waals surface area contributed by atoms with Crippen LogP contribution < -0.4 is 0 Å². The molecule has 0 bridgehead atoms. The minimum absolute atomic E-state index is 0.00451. The number of carbonyl (C=O) groups is 1. The molecule has 1 aromatic carbocycles. The van der Waals surface area contributed by atoms with E-state index in [4.69, 9.17) is 0 Å². The number of benzene rings is 1. The van der Waals surface area contributed by atoms with Gasteiger partial charge in [-0.3, -0.25) is 19.8 Å². The van der Waals surface area contributed by atoms with Gasteiger partial charge in [0.25, 0.3) is 5.69 Å². The van der Waals surface area contributed by atoms with E-state index in [1.165, 1.54) is 24.3 Å². The Hall–Kier alpha value is -1.40. The van der Waals surface area contributed by atoms with Crippen LogP contribution in [-0.4, -0.2) is 47.8 Å². The first kappa shape index (κ1) is 15.7. The van der Waals surface area contributed by atoms with Crippen LogP contribution in [-0.2, 0) is 0 Å². The van der Waals surface area contributed by atoms with E-state index in [2.05, 4.69) is 6.26 Å². The third-order valence-electron chi connectivity index (χ3n) is 2.70.